The third kappa shape index (κ3) is 9.98. The Kier molecular flexibility index (Phi) is 15.6. The van der Waals surface area contributed by atoms with Gasteiger partial charge in [0.1, 0.15) is 0 Å². The first-order chi connectivity index (χ1) is 21.8. The van der Waals surface area contributed by atoms with Gasteiger partial charge in [0.05, 0.1) is 31.2 Å². The Morgan fingerprint density at radius 1 is 0.711 bits per heavy atom. The van der Waals surface area contributed by atoms with Crippen molar-refractivity contribution in [2.45, 2.75) is 123 Å². The molecule has 1 aromatic carbocycles. The van der Waals surface area contributed by atoms with E-state index in [-0.39, 0.29) is 42.9 Å². The van der Waals surface area contributed by atoms with Gasteiger partial charge < -0.3 is 5.32 Å². The minimum absolute atomic E-state index is 0.00783. The maximum Gasteiger partial charge on any atom is 0.253 e. The number of Topliss-reactive ketones (excluding diaryl/α,β-unsaturated/α-hetero) is 1. The number of amides is 1. The Bertz CT molecular complexity index is 1110. The molecule has 2 unspecified atom stereocenters. The highest BCUT2D eigenvalue weighted by atomic mass is 35.5. The lowest BCUT2D eigenvalue weighted by atomic mass is 9.78. The number of hydrogen-bond acceptors (Lipinski definition) is 4. The lowest BCUT2D eigenvalue weighted by Crippen LogP contribution is -2.52. The van der Waals surface area contributed by atoms with E-state index in [1.54, 1.807) is 0 Å². The van der Waals surface area contributed by atoms with Crippen molar-refractivity contribution in [2.24, 2.45) is 17.8 Å². The molecular weight excluding hydrogens is 648 g/mol. The van der Waals surface area contributed by atoms with Crippen LogP contribution < -0.4 is 5.32 Å². The number of halogens is 4. The molecule has 254 valence electrons. The Morgan fingerprint density at radius 3 is 1.84 bits per heavy atom. The summed E-state index contributed by atoms with van der Waals surface area (Å²) >= 11 is 25.9. The quantitative estimate of drug-likeness (QED) is 0.114. The standard InChI is InChI=1S/C36H55Cl4N3O2/c1-3-25(4-2)27-16-12-6-5-7-13-17-28(24-27)43-22-20-42(21-23-43)19-18-41-36(45)30-29(31(37)33(39)34(40)32(30)38)35(44)26-14-10-8-9-11-15-26/h25-28H,3-24H2,1-2H3,(H,41,45). The van der Waals surface area contributed by atoms with Gasteiger partial charge in [-0.15, -0.1) is 0 Å². The highest BCUT2D eigenvalue weighted by Gasteiger charge is 2.33. The number of nitrogens with zero attached hydrogens (tertiary/aromatic N) is 2. The number of rotatable bonds is 10. The summed E-state index contributed by atoms with van der Waals surface area (Å²) in [6.45, 7) is 10.1. The van der Waals surface area contributed by atoms with Gasteiger partial charge in [-0.05, 0) is 37.5 Å². The molecule has 1 heterocycles. The molecule has 1 aliphatic heterocycles. The molecule has 4 rings (SSSR count). The van der Waals surface area contributed by atoms with Gasteiger partial charge in [-0.25, -0.2) is 0 Å². The predicted molar refractivity (Wildman–Crippen MR) is 191 cm³/mol. The normalized spacial score (nSPS) is 23.5. The van der Waals surface area contributed by atoms with Gasteiger partial charge in [0.15, 0.2) is 5.78 Å². The second-order valence-electron chi connectivity index (χ2n) is 13.8. The fourth-order valence-corrected chi connectivity index (χ4v) is 9.24. The van der Waals surface area contributed by atoms with Crippen LogP contribution in [-0.4, -0.2) is 66.8 Å². The summed E-state index contributed by atoms with van der Waals surface area (Å²) in [4.78, 5) is 32.5. The molecule has 5 nitrogen and oxygen atoms in total. The molecule has 1 amide bonds. The number of nitrogens with one attached hydrogen (secondary N) is 1. The summed E-state index contributed by atoms with van der Waals surface area (Å²) in [7, 11) is 0. The zero-order valence-electron chi connectivity index (χ0n) is 27.6. The lowest BCUT2D eigenvalue weighted by Gasteiger charge is -2.42. The van der Waals surface area contributed by atoms with Crippen molar-refractivity contribution in [1.82, 2.24) is 15.1 Å². The van der Waals surface area contributed by atoms with Crippen molar-refractivity contribution in [2.75, 3.05) is 39.3 Å². The average Bonchev–Trinajstić information content (AvgIpc) is 3.35. The first kappa shape index (κ1) is 37.3. The van der Waals surface area contributed by atoms with Crippen molar-refractivity contribution in [1.29, 1.82) is 0 Å². The molecule has 2 atom stereocenters. The van der Waals surface area contributed by atoms with Crippen molar-refractivity contribution in [3.8, 4) is 0 Å². The third-order valence-electron chi connectivity index (χ3n) is 11.0. The molecule has 2 aliphatic carbocycles. The van der Waals surface area contributed by atoms with Gasteiger partial charge in [0.2, 0.25) is 0 Å². The zero-order chi connectivity index (χ0) is 32.3. The molecule has 9 heteroatoms. The van der Waals surface area contributed by atoms with Crippen molar-refractivity contribution >= 4 is 58.1 Å². The number of piperazine rings is 1. The smallest absolute Gasteiger partial charge is 0.253 e. The van der Waals surface area contributed by atoms with Gasteiger partial charge in [0.25, 0.3) is 5.91 Å². The lowest BCUT2D eigenvalue weighted by molar-refractivity contribution is 0.0688. The number of ketones is 1. The highest BCUT2D eigenvalue weighted by Crippen LogP contribution is 2.43. The number of carbonyl (C=O) groups is 2. The SMILES string of the molecule is CCC(CC)C1CCCCCCCC(N2CCN(CCNC(=O)c3c(Cl)c(Cl)c(Cl)c(Cl)c3C(=O)C3CCCCCC3)CC2)C1. The van der Waals surface area contributed by atoms with Crippen LogP contribution in [-0.2, 0) is 0 Å². The Hall–Kier alpha value is -0.560. The summed E-state index contributed by atoms with van der Waals surface area (Å²) in [5.41, 5.74) is 0.171. The van der Waals surface area contributed by atoms with Gasteiger partial charge in [-0.3, -0.25) is 19.4 Å². The second-order valence-corrected chi connectivity index (χ2v) is 15.3. The molecule has 45 heavy (non-hydrogen) atoms. The summed E-state index contributed by atoms with van der Waals surface area (Å²) in [5, 5.41) is 3.06. The van der Waals surface area contributed by atoms with E-state index in [4.69, 9.17) is 46.4 Å². The predicted octanol–water partition coefficient (Wildman–Crippen LogP) is 10.4. The Balaban J connectivity index is 1.35. The molecule has 0 aromatic heterocycles. The first-order valence-corrected chi connectivity index (χ1v) is 19.4. The van der Waals surface area contributed by atoms with Crippen molar-refractivity contribution in [3.63, 3.8) is 0 Å². The molecule has 1 saturated heterocycles. The molecule has 0 radical (unpaired) electrons. The molecule has 1 aromatic rings. The van der Waals surface area contributed by atoms with Crippen LogP contribution in [0.3, 0.4) is 0 Å². The van der Waals surface area contributed by atoms with Gasteiger partial charge in [-0.2, -0.15) is 0 Å². The topological polar surface area (TPSA) is 52.6 Å². The van der Waals surface area contributed by atoms with Crippen LogP contribution in [0.4, 0.5) is 0 Å². The van der Waals surface area contributed by atoms with Crippen molar-refractivity contribution < 1.29 is 9.59 Å². The van der Waals surface area contributed by atoms with E-state index in [9.17, 15) is 9.59 Å². The fourth-order valence-electron chi connectivity index (χ4n) is 8.21. The number of hydrogen-bond donors (Lipinski definition) is 1. The van der Waals surface area contributed by atoms with E-state index in [2.05, 4.69) is 29.0 Å². The van der Waals surface area contributed by atoms with Gasteiger partial charge in [0, 0.05) is 51.2 Å². The maximum atomic E-state index is 13.7. The molecule has 1 N–H and O–H groups in total. The van der Waals surface area contributed by atoms with Crippen LogP contribution in [0.2, 0.25) is 20.1 Å². The average molecular weight is 704 g/mol. The fraction of sp³-hybridized carbons (Fsp3) is 0.778. The van der Waals surface area contributed by atoms with E-state index in [0.29, 0.717) is 12.6 Å². The van der Waals surface area contributed by atoms with Crippen LogP contribution in [0.15, 0.2) is 0 Å². The minimum atomic E-state index is -0.426. The van der Waals surface area contributed by atoms with E-state index < -0.39 is 5.91 Å². The maximum absolute atomic E-state index is 13.7. The molecule has 0 bridgehead atoms. The summed E-state index contributed by atoms with van der Waals surface area (Å²) in [5.74, 6) is 0.912. The van der Waals surface area contributed by atoms with Crippen molar-refractivity contribution in [3.05, 3.63) is 31.2 Å². The third-order valence-corrected chi connectivity index (χ3v) is 12.8. The molecule has 3 fully saturated rings. The Morgan fingerprint density at radius 2 is 1.24 bits per heavy atom. The van der Waals surface area contributed by atoms with Gasteiger partial charge >= 0.3 is 0 Å². The van der Waals surface area contributed by atoms with E-state index in [1.165, 1.54) is 64.2 Å². The van der Waals surface area contributed by atoms with E-state index >= 15 is 0 Å². The second kappa shape index (κ2) is 18.8. The molecular formula is C36H55Cl4N3O2. The van der Waals surface area contributed by atoms with Crippen LogP contribution >= 0.6 is 46.4 Å². The number of benzene rings is 1. The highest BCUT2D eigenvalue weighted by molar-refractivity contribution is 6.54. The van der Waals surface area contributed by atoms with Gasteiger partial charge in [-0.1, -0.05) is 137 Å². The largest absolute Gasteiger partial charge is 0.351 e. The summed E-state index contributed by atoms with van der Waals surface area (Å²) in [6.07, 6.45) is 19.3. The van der Waals surface area contributed by atoms with Crippen LogP contribution in [0.1, 0.15) is 137 Å². The Labute approximate surface area is 292 Å². The zero-order valence-corrected chi connectivity index (χ0v) is 30.6. The van der Waals surface area contributed by atoms with Crippen LogP contribution in [0, 0.1) is 17.8 Å². The van der Waals surface area contributed by atoms with Crippen LogP contribution in [0.25, 0.3) is 0 Å². The summed E-state index contributed by atoms with van der Waals surface area (Å²) in [6, 6.07) is 0.682. The molecule has 2 saturated carbocycles. The van der Waals surface area contributed by atoms with Crippen LogP contribution in [0.5, 0.6) is 0 Å². The molecule has 0 spiro atoms. The monoisotopic (exact) mass is 701 g/mol. The molecule has 3 aliphatic rings. The first-order valence-electron chi connectivity index (χ1n) is 17.9. The summed E-state index contributed by atoms with van der Waals surface area (Å²) < 4.78 is 0. The number of carbonyl (C=O) groups excluding carboxylic acids is 2. The minimum Gasteiger partial charge on any atom is -0.351 e. The van der Waals surface area contributed by atoms with E-state index in [0.717, 1.165) is 83.1 Å². The van der Waals surface area contributed by atoms with E-state index in [1.807, 2.05) is 0 Å².